The van der Waals surface area contributed by atoms with Gasteiger partial charge in [0, 0.05) is 10.9 Å². The summed E-state index contributed by atoms with van der Waals surface area (Å²) < 4.78 is 0. The van der Waals surface area contributed by atoms with E-state index in [0.717, 1.165) is 0 Å². The second-order valence-corrected chi connectivity index (χ2v) is 5.17. The summed E-state index contributed by atoms with van der Waals surface area (Å²) in [6, 6.07) is 3.07. The number of aromatic nitrogens is 1. The Morgan fingerprint density at radius 3 is 2.41 bits per heavy atom. The number of benzene rings is 1. The molecule has 88 valence electrons. The van der Waals surface area contributed by atoms with Crippen LogP contribution in [0.25, 0.3) is 10.6 Å². The van der Waals surface area contributed by atoms with Crippen molar-refractivity contribution in [2.45, 2.75) is 0 Å². The van der Waals surface area contributed by atoms with E-state index < -0.39 is 5.97 Å². The normalized spacial score (nSPS) is 10.5. The van der Waals surface area contributed by atoms with Crippen LogP contribution in [-0.2, 0) is 0 Å². The number of aromatic carboxylic acids is 1. The van der Waals surface area contributed by atoms with Crippen LogP contribution in [0.4, 0.5) is 0 Å². The maximum Gasteiger partial charge on any atom is 0.355 e. The molecular formula is C10H4Cl3NO2S. The highest BCUT2D eigenvalue weighted by molar-refractivity contribution is 7.13. The summed E-state index contributed by atoms with van der Waals surface area (Å²) in [5.74, 6) is -1.08. The molecule has 0 aliphatic rings. The van der Waals surface area contributed by atoms with E-state index >= 15 is 0 Å². The van der Waals surface area contributed by atoms with Gasteiger partial charge in [-0.05, 0) is 12.1 Å². The molecule has 0 amide bonds. The smallest absolute Gasteiger partial charge is 0.355 e. The molecule has 1 N–H and O–H groups in total. The van der Waals surface area contributed by atoms with Crippen LogP contribution in [0.5, 0.6) is 0 Å². The maximum absolute atomic E-state index is 10.7. The zero-order valence-electron chi connectivity index (χ0n) is 8.08. The number of thiazole rings is 1. The zero-order valence-corrected chi connectivity index (χ0v) is 11.2. The van der Waals surface area contributed by atoms with E-state index in [1.807, 2.05) is 0 Å². The molecule has 2 rings (SSSR count). The van der Waals surface area contributed by atoms with Crippen LogP contribution in [0, 0.1) is 0 Å². The zero-order chi connectivity index (χ0) is 12.6. The van der Waals surface area contributed by atoms with E-state index in [1.165, 1.54) is 22.8 Å². The number of carbonyl (C=O) groups is 1. The Morgan fingerprint density at radius 1 is 1.18 bits per heavy atom. The lowest BCUT2D eigenvalue weighted by atomic mass is 10.2. The van der Waals surface area contributed by atoms with Gasteiger partial charge in [0.25, 0.3) is 0 Å². The SMILES string of the molecule is O=C(O)c1csc(-c2cc(Cl)c(Cl)cc2Cl)n1. The molecular weight excluding hydrogens is 305 g/mol. The summed E-state index contributed by atoms with van der Waals surface area (Å²) in [5, 5.41) is 11.8. The number of hydrogen-bond donors (Lipinski definition) is 1. The van der Waals surface area contributed by atoms with Gasteiger partial charge in [0.15, 0.2) is 5.69 Å². The lowest BCUT2D eigenvalue weighted by Crippen LogP contribution is -1.95. The van der Waals surface area contributed by atoms with Gasteiger partial charge in [0.05, 0.1) is 15.1 Å². The Labute approximate surface area is 116 Å². The summed E-state index contributed by atoms with van der Waals surface area (Å²) in [6.07, 6.45) is 0. The Hall–Kier alpha value is -0.810. The highest BCUT2D eigenvalue weighted by atomic mass is 35.5. The molecule has 1 aromatic heterocycles. The molecule has 1 heterocycles. The molecule has 0 saturated heterocycles. The van der Waals surface area contributed by atoms with Crippen LogP contribution in [0.1, 0.15) is 10.5 Å². The van der Waals surface area contributed by atoms with Crippen molar-refractivity contribution in [3.05, 3.63) is 38.3 Å². The second-order valence-electron chi connectivity index (χ2n) is 3.09. The number of halogens is 3. The molecule has 1 aromatic carbocycles. The molecule has 3 nitrogen and oxygen atoms in total. The minimum absolute atomic E-state index is 0.0212. The van der Waals surface area contributed by atoms with Crippen LogP contribution in [0.2, 0.25) is 15.1 Å². The molecule has 0 atom stereocenters. The van der Waals surface area contributed by atoms with Gasteiger partial charge in [0.1, 0.15) is 5.01 Å². The van der Waals surface area contributed by atoms with Gasteiger partial charge in [0.2, 0.25) is 0 Å². The van der Waals surface area contributed by atoms with E-state index in [0.29, 0.717) is 25.6 Å². The predicted octanol–water partition coefficient (Wildman–Crippen LogP) is 4.47. The number of hydrogen-bond acceptors (Lipinski definition) is 3. The molecule has 0 unspecified atom stereocenters. The van der Waals surface area contributed by atoms with E-state index in [1.54, 1.807) is 6.07 Å². The fourth-order valence-corrected chi connectivity index (χ4v) is 2.70. The van der Waals surface area contributed by atoms with Crippen molar-refractivity contribution in [2.75, 3.05) is 0 Å². The fourth-order valence-electron chi connectivity index (χ4n) is 1.18. The molecule has 17 heavy (non-hydrogen) atoms. The molecule has 2 aromatic rings. The summed E-state index contributed by atoms with van der Waals surface area (Å²) in [7, 11) is 0. The topological polar surface area (TPSA) is 50.2 Å². The van der Waals surface area contributed by atoms with Crippen LogP contribution >= 0.6 is 46.1 Å². The van der Waals surface area contributed by atoms with Gasteiger partial charge < -0.3 is 5.11 Å². The highest BCUT2D eigenvalue weighted by Crippen LogP contribution is 2.36. The summed E-state index contributed by atoms with van der Waals surface area (Å²) in [4.78, 5) is 14.7. The van der Waals surface area contributed by atoms with Gasteiger partial charge in [-0.25, -0.2) is 9.78 Å². The van der Waals surface area contributed by atoms with E-state index in [-0.39, 0.29) is 5.69 Å². The Bertz CT molecular complexity index is 597. The van der Waals surface area contributed by atoms with Crippen molar-refractivity contribution >= 4 is 52.1 Å². The first-order valence-electron chi connectivity index (χ1n) is 4.33. The van der Waals surface area contributed by atoms with Gasteiger partial charge in [-0.1, -0.05) is 34.8 Å². The van der Waals surface area contributed by atoms with Crippen LogP contribution in [-0.4, -0.2) is 16.1 Å². The minimum atomic E-state index is -1.08. The van der Waals surface area contributed by atoms with Crippen LogP contribution in [0.15, 0.2) is 17.5 Å². The fraction of sp³-hybridized carbons (Fsp3) is 0. The third kappa shape index (κ3) is 2.55. The van der Waals surface area contributed by atoms with Gasteiger partial charge in [-0.15, -0.1) is 11.3 Å². The third-order valence-corrected chi connectivity index (χ3v) is 3.87. The highest BCUT2D eigenvalue weighted by Gasteiger charge is 2.14. The summed E-state index contributed by atoms with van der Waals surface area (Å²) in [5.41, 5.74) is 0.547. The monoisotopic (exact) mass is 307 g/mol. The number of rotatable bonds is 2. The largest absolute Gasteiger partial charge is 0.476 e. The number of nitrogens with zero attached hydrogens (tertiary/aromatic N) is 1. The van der Waals surface area contributed by atoms with E-state index in [9.17, 15) is 4.79 Å². The maximum atomic E-state index is 10.7. The first-order valence-corrected chi connectivity index (χ1v) is 6.34. The Kier molecular flexibility index (Phi) is 3.58. The average molecular weight is 309 g/mol. The summed E-state index contributed by atoms with van der Waals surface area (Å²) in [6.45, 7) is 0. The van der Waals surface area contributed by atoms with Crippen LogP contribution < -0.4 is 0 Å². The molecule has 0 aliphatic heterocycles. The van der Waals surface area contributed by atoms with E-state index in [2.05, 4.69) is 4.98 Å². The first kappa shape index (κ1) is 12.6. The Balaban J connectivity index is 2.52. The molecule has 0 spiro atoms. The van der Waals surface area contributed by atoms with Gasteiger partial charge in [-0.2, -0.15) is 0 Å². The summed E-state index contributed by atoms with van der Waals surface area (Å²) >= 11 is 18.9. The standard InChI is InChI=1S/C10H4Cl3NO2S/c11-5-2-7(13)6(12)1-4(5)9-14-8(3-17-9)10(15)16/h1-3H,(H,15,16). The predicted molar refractivity (Wildman–Crippen MR) is 69.5 cm³/mol. The Morgan fingerprint density at radius 2 is 1.82 bits per heavy atom. The van der Waals surface area contributed by atoms with Crippen LogP contribution in [0.3, 0.4) is 0 Å². The number of carboxylic acid groups (broad SMARTS) is 1. The van der Waals surface area contributed by atoms with Crippen molar-refractivity contribution in [2.24, 2.45) is 0 Å². The van der Waals surface area contributed by atoms with Gasteiger partial charge in [-0.3, -0.25) is 0 Å². The van der Waals surface area contributed by atoms with E-state index in [4.69, 9.17) is 39.9 Å². The molecule has 0 radical (unpaired) electrons. The lowest BCUT2D eigenvalue weighted by Gasteiger charge is -2.02. The lowest BCUT2D eigenvalue weighted by molar-refractivity contribution is 0.0691. The molecule has 0 aliphatic carbocycles. The molecule has 0 bridgehead atoms. The van der Waals surface area contributed by atoms with Crippen molar-refractivity contribution in [1.29, 1.82) is 0 Å². The second kappa shape index (κ2) is 4.82. The number of carboxylic acids is 1. The van der Waals surface area contributed by atoms with Crippen molar-refractivity contribution in [3.63, 3.8) is 0 Å². The van der Waals surface area contributed by atoms with Crippen molar-refractivity contribution in [3.8, 4) is 10.6 Å². The minimum Gasteiger partial charge on any atom is -0.476 e. The van der Waals surface area contributed by atoms with Gasteiger partial charge >= 0.3 is 5.97 Å². The third-order valence-electron chi connectivity index (χ3n) is 1.96. The quantitative estimate of drug-likeness (QED) is 0.833. The average Bonchev–Trinajstić information content (AvgIpc) is 2.72. The molecule has 0 fully saturated rings. The molecule has 7 heteroatoms. The van der Waals surface area contributed by atoms with Crippen molar-refractivity contribution < 1.29 is 9.90 Å². The molecule has 0 saturated carbocycles. The first-order chi connectivity index (χ1) is 7.99. The van der Waals surface area contributed by atoms with Crippen molar-refractivity contribution in [1.82, 2.24) is 4.98 Å².